The molecule has 0 N–H and O–H groups in total. The monoisotopic (exact) mass is 290 g/mol. The summed E-state index contributed by atoms with van der Waals surface area (Å²) in [6, 6.07) is 10.5. The SMILES string of the molecule is C=C([C](=C)[Ge]([CH2]C)([CH2]C)[CH2]C)c1ccccc1. The molecule has 0 radical (unpaired) electrons. The van der Waals surface area contributed by atoms with Gasteiger partial charge in [0.15, 0.2) is 0 Å². The average Bonchev–Trinajstić information content (AvgIpc) is 2.41. The van der Waals surface area contributed by atoms with Crippen molar-refractivity contribution in [3.05, 3.63) is 53.5 Å². The third kappa shape index (κ3) is 2.92. The molecule has 0 atom stereocenters. The van der Waals surface area contributed by atoms with E-state index in [9.17, 15) is 0 Å². The van der Waals surface area contributed by atoms with Crippen molar-refractivity contribution in [3.63, 3.8) is 0 Å². The topological polar surface area (TPSA) is 0 Å². The van der Waals surface area contributed by atoms with E-state index >= 15 is 0 Å². The van der Waals surface area contributed by atoms with Crippen molar-refractivity contribution in [3.8, 4) is 0 Å². The molecule has 0 heterocycles. The Kier molecular flexibility index (Phi) is 5.26. The zero-order chi connectivity index (χ0) is 12.9. The van der Waals surface area contributed by atoms with Crippen LogP contribution in [0.2, 0.25) is 15.8 Å². The molecule has 17 heavy (non-hydrogen) atoms. The summed E-state index contributed by atoms with van der Waals surface area (Å²) in [4.78, 5) is 0. The minimum absolute atomic E-state index is 1.18. The number of hydrogen-bond acceptors (Lipinski definition) is 0. The fraction of sp³-hybridized carbons (Fsp3) is 0.375. The molecule has 0 nitrogen and oxygen atoms in total. The summed E-state index contributed by atoms with van der Waals surface area (Å²) in [5, 5.41) is 3.95. The molecule has 0 unspecified atom stereocenters. The van der Waals surface area contributed by atoms with Crippen LogP contribution in [-0.4, -0.2) is 13.3 Å². The molecule has 0 aliphatic heterocycles. The van der Waals surface area contributed by atoms with Crippen LogP contribution in [0.3, 0.4) is 0 Å². The fourth-order valence-corrected chi connectivity index (χ4v) is 10.0. The van der Waals surface area contributed by atoms with Crippen molar-refractivity contribution >= 4 is 18.8 Å². The predicted octanol–water partition coefficient (Wildman–Crippen LogP) is 5.30. The molecule has 0 aromatic heterocycles. The average molecular weight is 289 g/mol. The van der Waals surface area contributed by atoms with Gasteiger partial charge in [0.1, 0.15) is 0 Å². The van der Waals surface area contributed by atoms with Crippen molar-refractivity contribution in [2.24, 2.45) is 0 Å². The Labute approximate surface area is 109 Å². The summed E-state index contributed by atoms with van der Waals surface area (Å²) in [5.74, 6) is 0. The van der Waals surface area contributed by atoms with E-state index in [2.05, 4.69) is 58.2 Å². The molecule has 0 bridgehead atoms. The second-order valence-electron chi connectivity index (χ2n) is 4.66. The molecule has 0 saturated heterocycles. The number of rotatable bonds is 6. The third-order valence-corrected chi connectivity index (χ3v) is 16.0. The van der Waals surface area contributed by atoms with Crippen molar-refractivity contribution in [1.29, 1.82) is 0 Å². The molecule has 0 amide bonds. The Morgan fingerprint density at radius 1 is 0.941 bits per heavy atom. The summed E-state index contributed by atoms with van der Waals surface area (Å²) in [7, 11) is 0. The number of benzene rings is 1. The van der Waals surface area contributed by atoms with Crippen LogP contribution in [0.4, 0.5) is 0 Å². The zero-order valence-electron chi connectivity index (χ0n) is 11.4. The minimum atomic E-state index is -1.91. The van der Waals surface area contributed by atoms with E-state index in [0.717, 1.165) is 0 Å². The van der Waals surface area contributed by atoms with Crippen molar-refractivity contribution in [2.75, 3.05) is 0 Å². The first kappa shape index (κ1) is 14.3. The van der Waals surface area contributed by atoms with Gasteiger partial charge in [0, 0.05) is 0 Å². The van der Waals surface area contributed by atoms with Crippen molar-refractivity contribution in [2.45, 2.75) is 36.5 Å². The molecule has 0 aliphatic carbocycles. The van der Waals surface area contributed by atoms with E-state index in [1.54, 1.807) is 0 Å². The standard InChI is InChI=1S/C16H24Ge/c1-6-17(7-2,8-3)15(5)14(4)16-12-10-9-11-13-16/h9-13H,4-8H2,1-3H3. The maximum absolute atomic E-state index is 4.40. The Bertz CT molecular complexity index is 377. The van der Waals surface area contributed by atoms with Gasteiger partial charge in [-0.05, 0) is 0 Å². The van der Waals surface area contributed by atoms with Gasteiger partial charge in [-0.2, -0.15) is 0 Å². The van der Waals surface area contributed by atoms with Crippen LogP contribution < -0.4 is 0 Å². The normalized spacial score (nSPS) is 11.2. The van der Waals surface area contributed by atoms with Gasteiger partial charge >= 0.3 is 109 Å². The Hall–Kier alpha value is -0.757. The molecule has 0 aliphatic rings. The predicted molar refractivity (Wildman–Crippen MR) is 81.8 cm³/mol. The molecule has 0 fully saturated rings. The van der Waals surface area contributed by atoms with Crippen LogP contribution in [0.25, 0.3) is 5.57 Å². The van der Waals surface area contributed by atoms with E-state index < -0.39 is 13.3 Å². The molecule has 92 valence electrons. The van der Waals surface area contributed by atoms with Gasteiger partial charge in [0.25, 0.3) is 0 Å². The van der Waals surface area contributed by atoms with Gasteiger partial charge in [-0.15, -0.1) is 0 Å². The van der Waals surface area contributed by atoms with E-state index in [4.69, 9.17) is 0 Å². The second-order valence-corrected chi connectivity index (χ2v) is 15.8. The summed E-state index contributed by atoms with van der Waals surface area (Å²) in [6.07, 6.45) is 0. The van der Waals surface area contributed by atoms with Crippen LogP contribution in [-0.2, 0) is 0 Å². The van der Waals surface area contributed by atoms with Gasteiger partial charge in [0.2, 0.25) is 0 Å². The summed E-state index contributed by atoms with van der Waals surface area (Å²) >= 11 is -1.91. The zero-order valence-corrected chi connectivity index (χ0v) is 13.5. The van der Waals surface area contributed by atoms with Gasteiger partial charge < -0.3 is 0 Å². The third-order valence-electron chi connectivity index (χ3n) is 4.16. The molecular weight excluding hydrogens is 265 g/mol. The van der Waals surface area contributed by atoms with E-state index in [-0.39, 0.29) is 0 Å². The first-order valence-corrected chi connectivity index (χ1v) is 12.0. The Morgan fingerprint density at radius 3 is 1.82 bits per heavy atom. The Balaban J connectivity index is 3.01. The summed E-state index contributed by atoms with van der Waals surface area (Å²) in [6.45, 7) is 15.7. The molecule has 0 spiro atoms. The first-order chi connectivity index (χ1) is 8.11. The van der Waals surface area contributed by atoms with Crippen molar-refractivity contribution < 1.29 is 0 Å². The molecule has 1 rings (SSSR count). The van der Waals surface area contributed by atoms with Crippen LogP contribution in [0.1, 0.15) is 26.3 Å². The van der Waals surface area contributed by atoms with E-state index in [1.165, 1.54) is 31.3 Å². The van der Waals surface area contributed by atoms with E-state index in [1.807, 2.05) is 6.07 Å². The molecule has 1 aromatic carbocycles. The molecular formula is C16H24Ge. The maximum atomic E-state index is 4.40. The van der Waals surface area contributed by atoms with Crippen LogP contribution in [0.15, 0.2) is 47.9 Å². The second kappa shape index (κ2) is 6.25. The first-order valence-electron chi connectivity index (χ1n) is 6.55. The van der Waals surface area contributed by atoms with Crippen LogP contribution in [0, 0.1) is 0 Å². The van der Waals surface area contributed by atoms with Gasteiger partial charge in [-0.25, -0.2) is 0 Å². The summed E-state index contributed by atoms with van der Waals surface area (Å²) in [5.41, 5.74) is 2.42. The quantitative estimate of drug-likeness (QED) is 0.492. The van der Waals surface area contributed by atoms with Gasteiger partial charge in [0.05, 0.1) is 0 Å². The van der Waals surface area contributed by atoms with Crippen LogP contribution in [0.5, 0.6) is 0 Å². The summed E-state index contributed by atoms with van der Waals surface area (Å²) < 4.78 is 1.39. The molecule has 1 heteroatoms. The van der Waals surface area contributed by atoms with Crippen LogP contribution >= 0.6 is 0 Å². The molecule has 0 saturated carbocycles. The fourth-order valence-electron chi connectivity index (χ4n) is 2.52. The number of allylic oxidation sites excluding steroid dienone is 2. The van der Waals surface area contributed by atoms with Crippen molar-refractivity contribution in [1.82, 2.24) is 0 Å². The number of hydrogen-bond donors (Lipinski definition) is 0. The molecule has 1 aromatic rings. The van der Waals surface area contributed by atoms with E-state index in [0.29, 0.717) is 0 Å². The van der Waals surface area contributed by atoms with Gasteiger partial charge in [-0.1, -0.05) is 0 Å². The van der Waals surface area contributed by atoms with Gasteiger partial charge in [-0.3, -0.25) is 0 Å². The Morgan fingerprint density at radius 2 is 1.41 bits per heavy atom.